The van der Waals surface area contributed by atoms with E-state index in [0.29, 0.717) is 23.1 Å². The van der Waals surface area contributed by atoms with Crippen LogP contribution < -0.4 is 10.1 Å². The van der Waals surface area contributed by atoms with Crippen molar-refractivity contribution in [1.29, 1.82) is 0 Å². The SMILES string of the molecule is CC(=O)Nc1c([N+](=O)[O-])cc(OCc2ccccc2)c2ccccc12. The molecular weight excluding hydrogens is 320 g/mol. The lowest BCUT2D eigenvalue weighted by molar-refractivity contribution is -0.383. The smallest absolute Gasteiger partial charge is 0.297 e. The van der Waals surface area contributed by atoms with E-state index in [1.165, 1.54) is 13.0 Å². The number of nitro groups is 1. The van der Waals surface area contributed by atoms with Crippen molar-refractivity contribution >= 4 is 28.1 Å². The van der Waals surface area contributed by atoms with E-state index in [4.69, 9.17) is 4.74 Å². The molecule has 25 heavy (non-hydrogen) atoms. The molecule has 0 bridgehead atoms. The van der Waals surface area contributed by atoms with Crippen LogP contribution in [0, 0.1) is 10.1 Å². The molecule has 0 aliphatic carbocycles. The molecule has 3 aromatic rings. The van der Waals surface area contributed by atoms with E-state index in [1.807, 2.05) is 42.5 Å². The molecule has 126 valence electrons. The van der Waals surface area contributed by atoms with E-state index >= 15 is 0 Å². The second-order valence-electron chi connectivity index (χ2n) is 5.53. The predicted molar refractivity (Wildman–Crippen MR) is 95.7 cm³/mol. The normalized spacial score (nSPS) is 10.4. The fourth-order valence-electron chi connectivity index (χ4n) is 2.63. The van der Waals surface area contributed by atoms with Crippen LogP contribution in [0.4, 0.5) is 11.4 Å². The van der Waals surface area contributed by atoms with E-state index in [-0.39, 0.29) is 17.3 Å². The molecule has 0 radical (unpaired) electrons. The molecular formula is C19H16N2O4. The number of nitrogens with zero attached hydrogens (tertiary/aromatic N) is 1. The maximum Gasteiger partial charge on any atom is 0.297 e. The van der Waals surface area contributed by atoms with E-state index < -0.39 is 4.92 Å². The highest BCUT2D eigenvalue weighted by Gasteiger charge is 2.21. The summed E-state index contributed by atoms with van der Waals surface area (Å²) in [6.07, 6.45) is 0. The number of carbonyl (C=O) groups is 1. The predicted octanol–water partition coefficient (Wildman–Crippen LogP) is 4.29. The number of carbonyl (C=O) groups excluding carboxylic acids is 1. The van der Waals surface area contributed by atoms with Gasteiger partial charge >= 0.3 is 0 Å². The van der Waals surface area contributed by atoms with Gasteiger partial charge in [0, 0.05) is 17.7 Å². The average molecular weight is 336 g/mol. The Morgan fingerprint density at radius 3 is 2.36 bits per heavy atom. The van der Waals surface area contributed by atoms with Crippen LogP contribution in [0.5, 0.6) is 5.75 Å². The quantitative estimate of drug-likeness (QED) is 0.557. The molecule has 0 aliphatic heterocycles. The Kier molecular flexibility index (Phi) is 4.61. The molecule has 6 nitrogen and oxygen atoms in total. The molecule has 0 aliphatic rings. The van der Waals surface area contributed by atoms with Crippen molar-refractivity contribution in [3.8, 4) is 5.75 Å². The molecule has 0 fully saturated rings. The molecule has 0 atom stereocenters. The van der Waals surface area contributed by atoms with Gasteiger partial charge in [-0.2, -0.15) is 0 Å². The Hall–Kier alpha value is -3.41. The molecule has 0 unspecified atom stereocenters. The lowest BCUT2D eigenvalue weighted by atomic mass is 10.1. The largest absolute Gasteiger partial charge is 0.488 e. The third-order valence-corrected chi connectivity index (χ3v) is 3.72. The first-order valence-corrected chi connectivity index (χ1v) is 7.70. The van der Waals surface area contributed by atoms with Gasteiger partial charge in [-0.05, 0) is 5.56 Å². The Morgan fingerprint density at radius 2 is 1.72 bits per heavy atom. The maximum absolute atomic E-state index is 11.5. The Balaban J connectivity index is 2.09. The summed E-state index contributed by atoms with van der Waals surface area (Å²) in [7, 11) is 0. The molecule has 3 rings (SSSR count). The van der Waals surface area contributed by atoms with Gasteiger partial charge in [0.1, 0.15) is 18.0 Å². The van der Waals surface area contributed by atoms with Crippen LogP contribution in [0.1, 0.15) is 12.5 Å². The topological polar surface area (TPSA) is 81.5 Å². The zero-order chi connectivity index (χ0) is 17.8. The first-order valence-electron chi connectivity index (χ1n) is 7.70. The van der Waals surface area contributed by atoms with Crippen molar-refractivity contribution in [3.63, 3.8) is 0 Å². The second kappa shape index (κ2) is 7.00. The van der Waals surface area contributed by atoms with E-state index in [9.17, 15) is 14.9 Å². The van der Waals surface area contributed by atoms with Gasteiger partial charge < -0.3 is 10.1 Å². The Morgan fingerprint density at radius 1 is 1.08 bits per heavy atom. The molecule has 0 spiro atoms. The summed E-state index contributed by atoms with van der Waals surface area (Å²) in [6, 6.07) is 18.0. The zero-order valence-electron chi connectivity index (χ0n) is 13.6. The monoisotopic (exact) mass is 336 g/mol. The number of anilines is 1. The van der Waals surface area contributed by atoms with Gasteiger partial charge in [-0.15, -0.1) is 0 Å². The maximum atomic E-state index is 11.5. The van der Waals surface area contributed by atoms with Crippen LogP contribution in [0.2, 0.25) is 0 Å². The summed E-state index contributed by atoms with van der Waals surface area (Å²) < 4.78 is 5.84. The molecule has 6 heteroatoms. The van der Waals surface area contributed by atoms with Crippen molar-refractivity contribution in [1.82, 2.24) is 0 Å². The van der Waals surface area contributed by atoms with Crippen molar-refractivity contribution < 1.29 is 14.5 Å². The Labute approximate surface area is 144 Å². The lowest BCUT2D eigenvalue weighted by Crippen LogP contribution is -2.09. The number of nitrogens with one attached hydrogen (secondary N) is 1. The van der Waals surface area contributed by atoms with Gasteiger partial charge in [-0.25, -0.2) is 0 Å². The molecule has 1 amide bonds. The van der Waals surface area contributed by atoms with E-state index in [1.54, 1.807) is 12.1 Å². The number of benzene rings is 3. The highest BCUT2D eigenvalue weighted by atomic mass is 16.6. The van der Waals surface area contributed by atoms with Crippen molar-refractivity contribution in [2.24, 2.45) is 0 Å². The third-order valence-electron chi connectivity index (χ3n) is 3.72. The van der Waals surface area contributed by atoms with Crippen molar-refractivity contribution in [2.45, 2.75) is 13.5 Å². The number of amides is 1. The number of fused-ring (bicyclic) bond motifs is 1. The number of ether oxygens (including phenoxy) is 1. The van der Waals surface area contributed by atoms with Gasteiger partial charge in [0.2, 0.25) is 5.91 Å². The van der Waals surface area contributed by atoms with Gasteiger partial charge in [-0.1, -0.05) is 54.6 Å². The second-order valence-corrected chi connectivity index (χ2v) is 5.53. The number of nitro benzene ring substituents is 1. The standard InChI is InChI=1S/C19H16N2O4/c1-13(22)20-19-16-10-6-5-9-15(16)18(11-17(19)21(23)24)25-12-14-7-3-2-4-8-14/h2-11H,12H2,1H3,(H,20,22). The van der Waals surface area contributed by atoms with Crippen molar-refractivity contribution in [2.75, 3.05) is 5.32 Å². The summed E-state index contributed by atoms with van der Waals surface area (Å²) in [6.45, 7) is 1.61. The van der Waals surface area contributed by atoms with Crippen LogP contribution >= 0.6 is 0 Å². The summed E-state index contributed by atoms with van der Waals surface area (Å²) in [5, 5.41) is 15.3. The fourth-order valence-corrected chi connectivity index (χ4v) is 2.63. The molecule has 3 aromatic carbocycles. The fraction of sp³-hybridized carbons (Fsp3) is 0.105. The van der Waals surface area contributed by atoms with Gasteiger partial charge in [-0.3, -0.25) is 14.9 Å². The summed E-state index contributed by atoms with van der Waals surface area (Å²) in [4.78, 5) is 22.4. The molecule has 1 N–H and O–H groups in total. The number of hydrogen-bond donors (Lipinski definition) is 1. The minimum absolute atomic E-state index is 0.181. The summed E-state index contributed by atoms with van der Waals surface area (Å²) in [5.41, 5.74) is 0.942. The van der Waals surface area contributed by atoms with Gasteiger partial charge in [0.05, 0.1) is 11.0 Å². The van der Waals surface area contributed by atoms with Crippen LogP contribution in [-0.4, -0.2) is 10.8 Å². The molecule has 0 heterocycles. The van der Waals surface area contributed by atoms with E-state index in [2.05, 4.69) is 5.32 Å². The molecule has 0 saturated heterocycles. The van der Waals surface area contributed by atoms with E-state index in [0.717, 1.165) is 5.56 Å². The van der Waals surface area contributed by atoms with Crippen LogP contribution in [0.3, 0.4) is 0 Å². The Bertz CT molecular complexity index is 939. The number of hydrogen-bond acceptors (Lipinski definition) is 4. The first-order chi connectivity index (χ1) is 12.1. The average Bonchev–Trinajstić information content (AvgIpc) is 2.61. The van der Waals surface area contributed by atoms with Crippen LogP contribution in [0.25, 0.3) is 10.8 Å². The highest BCUT2D eigenvalue weighted by molar-refractivity contribution is 6.07. The highest BCUT2D eigenvalue weighted by Crippen LogP contribution is 2.39. The van der Waals surface area contributed by atoms with Crippen molar-refractivity contribution in [3.05, 3.63) is 76.3 Å². The first kappa shape index (κ1) is 16.4. The summed E-state index contributed by atoms with van der Waals surface area (Å²) in [5.74, 6) is 0.0338. The van der Waals surface area contributed by atoms with Crippen LogP contribution in [-0.2, 0) is 11.4 Å². The molecule has 0 aromatic heterocycles. The van der Waals surface area contributed by atoms with Gasteiger partial charge in [0.15, 0.2) is 0 Å². The van der Waals surface area contributed by atoms with Gasteiger partial charge in [0.25, 0.3) is 5.69 Å². The minimum atomic E-state index is -0.521. The zero-order valence-corrected chi connectivity index (χ0v) is 13.6. The number of rotatable bonds is 5. The summed E-state index contributed by atoms with van der Waals surface area (Å²) >= 11 is 0. The molecule has 0 saturated carbocycles. The minimum Gasteiger partial charge on any atom is -0.488 e. The van der Waals surface area contributed by atoms with Crippen LogP contribution in [0.15, 0.2) is 60.7 Å². The lowest BCUT2D eigenvalue weighted by Gasteiger charge is -2.13. The third kappa shape index (κ3) is 3.58.